The number of nitrogens with zero attached hydrogens (tertiary/aromatic N) is 4. The number of aryl methyl sites for hydroxylation is 2. The van der Waals surface area contributed by atoms with Crippen molar-refractivity contribution in [1.29, 1.82) is 0 Å². The van der Waals surface area contributed by atoms with Crippen LogP contribution in [0.5, 0.6) is 0 Å². The quantitative estimate of drug-likeness (QED) is 0.889. The first kappa shape index (κ1) is 15.1. The molecule has 20 heavy (non-hydrogen) atoms. The summed E-state index contributed by atoms with van der Waals surface area (Å²) in [6.07, 6.45) is 0.916. The molecule has 0 fully saturated rings. The molecule has 1 N–H and O–H groups in total. The van der Waals surface area contributed by atoms with Gasteiger partial charge in [-0.1, -0.05) is 25.3 Å². The van der Waals surface area contributed by atoms with Gasteiger partial charge in [-0.25, -0.2) is 0 Å². The Balaban J connectivity index is 2.20. The van der Waals surface area contributed by atoms with Crippen LogP contribution in [-0.4, -0.2) is 24.5 Å². The summed E-state index contributed by atoms with van der Waals surface area (Å²) in [5, 5.41) is 19.1. The van der Waals surface area contributed by atoms with Gasteiger partial charge in [0, 0.05) is 18.7 Å². The normalized spacial score (nSPS) is 13.1. The molecule has 110 valence electrons. The third kappa shape index (κ3) is 3.07. The van der Waals surface area contributed by atoms with Gasteiger partial charge >= 0.3 is 0 Å². The highest BCUT2D eigenvalue weighted by molar-refractivity contribution is 7.05. The van der Waals surface area contributed by atoms with Crippen molar-refractivity contribution in [3.8, 4) is 0 Å². The topological polar surface area (TPSA) is 63.8 Å². The zero-order chi connectivity index (χ0) is 14.7. The molecule has 0 saturated heterocycles. The van der Waals surface area contributed by atoms with Crippen LogP contribution in [-0.2, 0) is 19.4 Å². The minimum atomic E-state index is -0.556. The van der Waals surface area contributed by atoms with E-state index in [1.54, 1.807) is 0 Å². The molecule has 1 atom stereocenters. The fourth-order valence-electron chi connectivity index (χ4n) is 2.25. The maximum atomic E-state index is 10.5. The maximum absolute atomic E-state index is 10.5. The third-order valence-corrected chi connectivity index (χ3v) is 4.21. The van der Waals surface area contributed by atoms with Gasteiger partial charge in [-0.15, -0.1) is 5.10 Å². The van der Waals surface area contributed by atoms with E-state index in [9.17, 15) is 5.11 Å². The van der Waals surface area contributed by atoms with Crippen LogP contribution in [0, 0.1) is 0 Å². The van der Waals surface area contributed by atoms with Crippen LogP contribution in [0.2, 0.25) is 0 Å². The molecule has 0 aromatic carbocycles. The molecule has 2 rings (SSSR count). The zero-order valence-electron chi connectivity index (χ0n) is 12.5. The van der Waals surface area contributed by atoms with Gasteiger partial charge in [0.25, 0.3) is 0 Å². The Hall–Kier alpha value is -1.27. The lowest BCUT2D eigenvalue weighted by molar-refractivity contribution is 0.177. The standard InChI is InChI=1S/C14H22N4OS/c1-5-10-7-11(18(6-2)16-10)8-12(19)14-13(9(3)4)15-17-20-14/h7,9,12,19H,5-6,8H2,1-4H3. The summed E-state index contributed by atoms with van der Waals surface area (Å²) < 4.78 is 5.94. The Labute approximate surface area is 123 Å². The number of aliphatic hydroxyl groups excluding tert-OH is 1. The van der Waals surface area contributed by atoms with Gasteiger partial charge in [0.15, 0.2) is 0 Å². The molecule has 0 amide bonds. The molecule has 0 aliphatic heterocycles. The first-order valence-corrected chi connectivity index (χ1v) is 7.89. The molecule has 2 heterocycles. The lowest BCUT2D eigenvalue weighted by Crippen LogP contribution is -2.09. The smallest absolute Gasteiger partial charge is 0.0972 e. The van der Waals surface area contributed by atoms with Crippen LogP contribution in [0.3, 0.4) is 0 Å². The average molecular weight is 294 g/mol. The van der Waals surface area contributed by atoms with E-state index >= 15 is 0 Å². The molecule has 0 saturated carbocycles. The van der Waals surface area contributed by atoms with Crippen molar-refractivity contribution in [2.24, 2.45) is 0 Å². The molecule has 5 nitrogen and oxygen atoms in total. The Morgan fingerprint density at radius 3 is 2.70 bits per heavy atom. The molecular weight excluding hydrogens is 272 g/mol. The first-order valence-electron chi connectivity index (χ1n) is 7.12. The highest BCUT2D eigenvalue weighted by Crippen LogP contribution is 2.28. The fourth-order valence-corrected chi connectivity index (χ4v) is 3.04. The second kappa shape index (κ2) is 6.45. The molecule has 0 spiro atoms. The van der Waals surface area contributed by atoms with Gasteiger partial charge in [-0.05, 0) is 36.9 Å². The molecule has 1 unspecified atom stereocenters. The third-order valence-electron chi connectivity index (χ3n) is 3.37. The molecule has 2 aromatic rings. The number of rotatable bonds is 6. The van der Waals surface area contributed by atoms with Gasteiger partial charge in [0.1, 0.15) is 0 Å². The van der Waals surface area contributed by atoms with Crippen LogP contribution >= 0.6 is 11.5 Å². The number of aliphatic hydroxyl groups is 1. The van der Waals surface area contributed by atoms with Crippen molar-refractivity contribution < 1.29 is 5.11 Å². The van der Waals surface area contributed by atoms with Gasteiger partial charge in [-0.2, -0.15) is 5.10 Å². The molecule has 0 aliphatic rings. The second-order valence-corrected chi connectivity index (χ2v) is 5.98. The molecule has 6 heteroatoms. The van der Waals surface area contributed by atoms with Crippen molar-refractivity contribution >= 4 is 11.5 Å². The molecular formula is C14H22N4OS. The predicted molar refractivity (Wildman–Crippen MR) is 79.9 cm³/mol. The summed E-state index contributed by atoms with van der Waals surface area (Å²) in [6, 6.07) is 2.08. The van der Waals surface area contributed by atoms with E-state index in [0.29, 0.717) is 6.42 Å². The number of hydrogen-bond donors (Lipinski definition) is 1. The first-order chi connectivity index (χ1) is 9.56. The Morgan fingerprint density at radius 1 is 1.35 bits per heavy atom. The summed E-state index contributed by atoms with van der Waals surface area (Å²) in [5.41, 5.74) is 3.04. The van der Waals surface area contributed by atoms with Crippen LogP contribution in [0.25, 0.3) is 0 Å². The monoisotopic (exact) mass is 294 g/mol. The van der Waals surface area contributed by atoms with E-state index in [1.165, 1.54) is 11.5 Å². The summed E-state index contributed by atoms with van der Waals surface area (Å²) >= 11 is 1.29. The molecule has 0 radical (unpaired) electrons. The lowest BCUT2D eigenvalue weighted by Gasteiger charge is -2.12. The van der Waals surface area contributed by atoms with Gasteiger partial charge < -0.3 is 5.11 Å². The van der Waals surface area contributed by atoms with Crippen molar-refractivity contribution in [3.63, 3.8) is 0 Å². The summed E-state index contributed by atoms with van der Waals surface area (Å²) in [4.78, 5) is 0.877. The van der Waals surface area contributed by atoms with E-state index in [-0.39, 0.29) is 5.92 Å². The summed E-state index contributed by atoms with van der Waals surface area (Å²) in [5.74, 6) is 0.278. The molecule has 0 aliphatic carbocycles. The van der Waals surface area contributed by atoms with Crippen LogP contribution < -0.4 is 0 Å². The predicted octanol–water partition coefficient (Wildman–Crippen LogP) is 2.72. The van der Waals surface area contributed by atoms with E-state index in [0.717, 1.165) is 34.9 Å². The van der Waals surface area contributed by atoms with E-state index < -0.39 is 6.10 Å². The van der Waals surface area contributed by atoms with Crippen LogP contribution in [0.4, 0.5) is 0 Å². The minimum Gasteiger partial charge on any atom is -0.387 e. The maximum Gasteiger partial charge on any atom is 0.0972 e. The average Bonchev–Trinajstić information content (AvgIpc) is 3.04. The Morgan fingerprint density at radius 2 is 2.10 bits per heavy atom. The Bertz CT molecular complexity index is 561. The van der Waals surface area contributed by atoms with Crippen molar-refractivity contribution in [2.75, 3.05) is 0 Å². The largest absolute Gasteiger partial charge is 0.387 e. The highest BCUT2D eigenvalue weighted by Gasteiger charge is 2.21. The second-order valence-electron chi connectivity index (χ2n) is 5.19. The van der Waals surface area contributed by atoms with Gasteiger partial charge in [0.05, 0.1) is 22.4 Å². The number of hydrogen-bond acceptors (Lipinski definition) is 5. The van der Waals surface area contributed by atoms with E-state index in [1.807, 2.05) is 4.68 Å². The van der Waals surface area contributed by atoms with Crippen molar-refractivity contribution in [1.82, 2.24) is 19.4 Å². The zero-order valence-corrected chi connectivity index (χ0v) is 13.3. The minimum absolute atomic E-state index is 0.278. The van der Waals surface area contributed by atoms with Crippen LogP contribution in [0.15, 0.2) is 6.07 Å². The van der Waals surface area contributed by atoms with Crippen molar-refractivity contribution in [2.45, 2.75) is 59.1 Å². The van der Waals surface area contributed by atoms with Crippen LogP contribution in [0.1, 0.15) is 61.7 Å². The van der Waals surface area contributed by atoms with Gasteiger partial charge in [-0.3, -0.25) is 4.68 Å². The fraction of sp³-hybridized carbons (Fsp3) is 0.643. The molecule has 2 aromatic heterocycles. The lowest BCUT2D eigenvalue weighted by atomic mass is 10.0. The SMILES string of the molecule is CCc1cc(CC(O)c2snnc2C(C)C)n(CC)n1. The van der Waals surface area contributed by atoms with Gasteiger partial charge in [0.2, 0.25) is 0 Å². The number of aromatic nitrogens is 4. The Kier molecular flexibility index (Phi) is 4.88. The van der Waals surface area contributed by atoms with Crippen molar-refractivity contribution in [3.05, 3.63) is 28.0 Å². The molecule has 0 bridgehead atoms. The summed E-state index contributed by atoms with van der Waals surface area (Å²) in [7, 11) is 0. The van der Waals surface area contributed by atoms with E-state index in [4.69, 9.17) is 0 Å². The highest BCUT2D eigenvalue weighted by atomic mass is 32.1. The van der Waals surface area contributed by atoms with E-state index in [2.05, 4.69) is 48.4 Å². The summed E-state index contributed by atoms with van der Waals surface area (Å²) in [6.45, 7) is 9.11.